The van der Waals surface area contributed by atoms with Crippen molar-refractivity contribution in [2.75, 3.05) is 6.61 Å². The van der Waals surface area contributed by atoms with Crippen molar-refractivity contribution < 1.29 is 9.53 Å². The summed E-state index contributed by atoms with van der Waals surface area (Å²) in [6, 6.07) is 4.10. The number of benzene rings is 1. The molecule has 98 valence electrons. The van der Waals surface area contributed by atoms with Gasteiger partial charge in [-0.25, -0.2) is 4.79 Å². The maximum absolute atomic E-state index is 11.3. The maximum Gasteiger partial charge on any atom is 0.333 e. The van der Waals surface area contributed by atoms with E-state index in [0.717, 1.165) is 5.56 Å². The van der Waals surface area contributed by atoms with E-state index < -0.39 is 0 Å². The smallest absolute Gasteiger partial charge is 0.333 e. The molecular weight excluding hydrogens is 248 g/mol. The van der Waals surface area contributed by atoms with Gasteiger partial charge in [0.05, 0.1) is 6.61 Å². The Morgan fingerprint density at radius 2 is 2.06 bits per heavy atom. The summed E-state index contributed by atoms with van der Waals surface area (Å²) in [6.45, 7) is 9.69. The van der Waals surface area contributed by atoms with Crippen LogP contribution < -0.4 is 0 Å². The van der Waals surface area contributed by atoms with Crippen LogP contribution in [0.25, 0.3) is 0 Å². The Hall–Kier alpha value is -1.28. The lowest BCUT2D eigenvalue weighted by Crippen LogP contribution is -2.10. The van der Waals surface area contributed by atoms with Gasteiger partial charge in [0.15, 0.2) is 0 Å². The van der Waals surface area contributed by atoms with Gasteiger partial charge in [-0.2, -0.15) is 0 Å². The highest BCUT2D eigenvalue weighted by Crippen LogP contribution is 2.20. The number of rotatable bonds is 5. The van der Waals surface area contributed by atoms with Crippen LogP contribution in [0, 0.1) is 13.8 Å². The van der Waals surface area contributed by atoms with Gasteiger partial charge < -0.3 is 4.74 Å². The van der Waals surface area contributed by atoms with Crippen LogP contribution in [0.2, 0.25) is 0 Å². The highest BCUT2D eigenvalue weighted by Gasteiger charge is 2.09. The molecule has 1 rings (SSSR count). The van der Waals surface area contributed by atoms with Crippen LogP contribution in [0.1, 0.15) is 29.2 Å². The van der Waals surface area contributed by atoms with Crippen molar-refractivity contribution in [1.29, 1.82) is 0 Å². The number of alkyl halides is 1. The van der Waals surface area contributed by atoms with Gasteiger partial charge in [-0.05, 0) is 43.0 Å². The second-order valence-corrected chi connectivity index (χ2v) is 4.71. The zero-order valence-corrected chi connectivity index (χ0v) is 11.9. The number of carbonyl (C=O) groups excluding carboxylic acids is 1. The molecule has 1 aromatic carbocycles. The van der Waals surface area contributed by atoms with E-state index in [9.17, 15) is 4.79 Å². The standard InChI is InChI=1S/C15H19ClO2/c1-10(2)15(17)18-8-7-14-12(4)11(3)5-6-13(14)9-16/h5-6H,1,7-9H2,2-4H3. The minimum Gasteiger partial charge on any atom is -0.462 e. The van der Waals surface area contributed by atoms with Crippen molar-refractivity contribution in [3.8, 4) is 0 Å². The molecule has 0 heterocycles. The molecule has 0 amide bonds. The molecule has 1 aromatic rings. The minimum atomic E-state index is -0.340. The van der Waals surface area contributed by atoms with Gasteiger partial charge in [0, 0.05) is 17.9 Å². The fraction of sp³-hybridized carbons (Fsp3) is 0.400. The third kappa shape index (κ3) is 3.61. The highest BCUT2D eigenvalue weighted by molar-refractivity contribution is 6.17. The van der Waals surface area contributed by atoms with Crippen LogP contribution in [0.3, 0.4) is 0 Å². The average molecular weight is 267 g/mol. The summed E-state index contributed by atoms with van der Waals surface area (Å²) in [5, 5.41) is 0. The van der Waals surface area contributed by atoms with Crippen molar-refractivity contribution in [3.05, 3.63) is 46.5 Å². The molecule has 0 spiro atoms. The van der Waals surface area contributed by atoms with E-state index in [1.807, 2.05) is 6.07 Å². The summed E-state index contributed by atoms with van der Waals surface area (Å²) in [4.78, 5) is 11.3. The lowest BCUT2D eigenvalue weighted by atomic mass is 9.96. The third-order valence-electron chi connectivity index (χ3n) is 3.04. The van der Waals surface area contributed by atoms with Crippen LogP contribution in [0.5, 0.6) is 0 Å². The third-order valence-corrected chi connectivity index (χ3v) is 3.33. The number of esters is 1. The zero-order valence-electron chi connectivity index (χ0n) is 11.2. The minimum absolute atomic E-state index is 0.340. The monoisotopic (exact) mass is 266 g/mol. The van der Waals surface area contributed by atoms with Crippen LogP contribution in [-0.4, -0.2) is 12.6 Å². The Bertz CT molecular complexity index is 464. The number of aryl methyl sites for hydroxylation is 1. The van der Waals surface area contributed by atoms with Gasteiger partial charge in [0.25, 0.3) is 0 Å². The molecule has 0 aromatic heterocycles. The molecule has 0 N–H and O–H groups in total. The molecule has 2 nitrogen and oxygen atoms in total. The van der Waals surface area contributed by atoms with E-state index in [1.54, 1.807) is 6.92 Å². The number of hydrogen-bond donors (Lipinski definition) is 0. The van der Waals surface area contributed by atoms with E-state index in [1.165, 1.54) is 16.7 Å². The van der Waals surface area contributed by atoms with Gasteiger partial charge >= 0.3 is 5.97 Å². The molecule has 0 radical (unpaired) electrons. The molecule has 0 aliphatic rings. The maximum atomic E-state index is 11.3. The first-order valence-electron chi connectivity index (χ1n) is 5.94. The van der Waals surface area contributed by atoms with Crippen molar-refractivity contribution in [2.24, 2.45) is 0 Å². The van der Waals surface area contributed by atoms with E-state index >= 15 is 0 Å². The molecule has 0 bridgehead atoms. The fourth-order valence-corrected chi connectivity index (χ4v) is 2.02. The Labute approximate surface area is 114 Å². The Kier molecular flexibility index (Phi) is 5.42. The summed E-state index contributed by atoms with van der Waals surface area (Å²) in [5.74, 6) is 0.137. The highest BCUT2D eigenvalue weighted by atomic mass is 35.5. The lowest BCUT2D eigenvalue weighted by molar-refractivity contribution is -0.138. The summed E-state index contributed by atoms with van der Waals surface area (Å²) in [7, 11) is 0. The van der Waals surface area contributed by atoms with Crippen molar-refractivity contribution in [3.63, 3.8) is 0 Å². The molecule has 0 aliphatic heterocycles. The van der Waals surface area contributed by atoms with Crippen LogP contribution in [-0.2, 0) is 21.8 Å². The molecule has 0 unspecified atom stereocenters. The SMILES string of the molecule is C=C(C)C(=O)OCCc1c(CCl)ccc(C)c1C. The number of hydrogen-bond acceptors (Lipinski definition) is 2. The molecule has 0 fully saturated rings. The molecule has 0 saturated heterocycles. The summed E-state index contributed by atoms with van der Waals surface area (Å²) < 4.78 is 5.12. The molecule has 0 aliphatic carbocycles. The molecule has 3 heteroatoms. The largest absolute Gasteiger partial charge is 0.462 e. The second-order valence-electron chi connectivity index (χ2n) is 4.45. The second kappa shape index (κ2) is 6.60. The van der Waals surface area contributed by atoms with Crippen molar-refractivity contribution >= 4 is 17.6 Å². The Morgan fingerprint density at radius 1 is 1.39 bits per heavy atom. The Morgan fingerprint density at radius 3 is 2.61 bits per heavy atom. The van der Waals surface area contributed by atoms with Crippen LogP contribution >= 0.6 is 11.6 Å². The van der Waals surface area contributed by atoms with Crippen molar-refractivity contribution in [2.45, 2.75) is 33.1 Å². The summed E-state index contributed by atoms with van der Waals surface area (Å²) in [5.41, 5.74) is 5.16. The first-order chi connectivity index (χ1) is 8.47. The first kappa shape index (κ1) is 14.8. The molecule has 0 saturated carbocycles. The topological polar surface area (TPSA) is 26.3 Å². The van der Waals surface area contributed by atoms with E-state index in [-0.39, 0.29) is 5.97 Å². The predicted octanol–water partition coefficient (Wildman–Crippen LogP) is 3.70. The zero-order chi connectivity index (χ0) is 13.7. The van der Waals surface area contributed by atoms with Crippen molar-refractivity contribution in [1.82, 2.24) is 0 Å². The van der Waals surface area contributed by atoms with Crippen LogP contribution in [0.15, 0.2) is 24.3 Å². The van der Waals surface area contributed by atoms with E-state index in [4.69, 9.17) is 16.3 Å². The quantitative estimate of drug-likeness (QED) is 0.461. The van der Waals surface area contributed by atoms with Gasteiger partial charge in [-0.3, -0.25) is 0 Å². The summed E-state index contributed by atoms with van der Waals surface area (Å²) in [6.07, 6.45) is 0.689. The normalized spacial score (nSPS) is 10.2. The number of ether oxygens (including phenoxy) is 1. The van der Waals surface area contributed by atoms with Gasteiger partial charge in [0.1, 0.15) is 0 Å². The molecule has 18 heavy (non-hydrogen) atoms. The average Bonchev–Trinajstić information content (AvgIpc) is 2.34. The molecule has 0 atom stereocenters. The van der Waals surface area contributed by atoms with E-state index in [2.05, 4.69) is 26.5 Å². The lowest BCUT2D eigenvalue weighted by Gasteiger charge is -2.13. The Balaban J connectivity index is 2.75. The first-order valence-corrected chi connectivity index (χ1v) is 6.47. The van der Waals surface area contributed by atoms with E-state index in [0.29, 0.717) is 24.5 Å². The van der Waals surface area contributed by atoms with Gasteiger partial charge in [-0.1, -0.05) is 18.7 Å². The number of halogens is 1. The molecular formula is C15H19ClO2. The predicted molar refractivity (Wildman–Crippen MR) is 75.0 cm³/mol. The van der Waals surface area contributed by atoms with Gasteiger partial charge in [0.2, 0.25) is 0 Å². The summed E-state index contributed by atoms with van der Waals surface area (Å²) >= 11 is 5.93. The fourth-order valence-electron chi connectivity index (χ4n) is 1.77. The number of carbonyl (C=O) groups is 1. The van der Waals surface area contributed by atoms with Crippen LogP contribution in [0.4, 0.5) is 0 Å². The van der Waals surface area contributed by atoms with Gasteiger partial charge in [-0.15, -0.1) is 11.6 Å².